The number of aromatic hydroxyl groups is 1. The summed E-state index contributed by atoms with van der Waals surface area (Å²) < 4.78 is 11.7. The number of morpholine rings is 1. The molecule has 1 aromatic rings. The van der Waals surface area contributed by atoms with Crippen LogP contribution in [0.5, 0.6) is 11.5 Å². The number of hydrogen-bond donors (Lipinski definition) is 1. The average Bonchev–Trinajstić information content (AvgIpc) is 2.57. The maximum absolute atomic E-state index is 9.67. The number of phenols is 1. The van der Waals surface area contributed by atoms with Crippen LogP contribution >= 0.6 is 0 Å². The van der Waals surface area contributed by atoms with Crippen LogP contribution in [0.4, 0.5) is 0 Å². The van der Waals surface area contributed by atoms with E-state index in [4.69, 9.17) is 9.47 Å². The van der Waals surface area contributed by atoms with Crippen LogP contribution in [-0.2, 0) is 4.74 Å². The number of ether oxygens (including phenoxy) is 2. The minimum Gasteiger partial charge on any atom is -0.508 e. The number of phenolic OH excluding ortho intramolecular Hbond substituents is 1. The molecule has 0 bridgehead atoms. The van der Waals surface area contributed by atoms with Gasteiger partial charge in [-0.1, -0.05) is 6.92 Å². The van der Waals surface area contributed by atoms with Crippen molar-refractivity contribution in [3.63, 3.8) is 0 Å². The Kier molecular flexibility index (Phi) is 3.14. The van der Waals surface area contributed by atoms with Crippen LogP contribution < -0.4 is 4.74 Å². The van der Waals surface area contributed by atoms with Crippen LogP contribution in [0, 0.1) is 0 Å². The van der Waals surface area contributed by atoms with Crippen LogP contribution in [-0.4, -0.2) is 42.4 Å². The SMILES string of the molecule is CCN1CCO[C@H]2c3cc(O)ccc3OCC[C@@H]21. The van der Waals surface area contributed by atoms with Crippen LogP contribution in [0.25, 0.3) is 0 Å². The fourth-order valence-corrected chi connectivity index (χ4v) is 2.97. The Bertz CT molecular complexity index is 435. The number of benzene rings is 1. The van der Waals surface area contributed by atoms with Gasteiger partial charge in [0.25, 0.3) is 0 Å². The molecule has 0 spiro atoms. The van der Waals surface area contributed by atoms with Crippen molar-refractivity contribution < 1.29 is 14.6 Å². The van der Waals surface area contributed by atoms with Crippen LogP contribution in [0.1, 0.15) is 25.0 Å². The molecule has 2 atom stereocenters. The van der Waals surface area contributed by atoms with Gasteiger partial charge in [0.1, 0.15) is 17.6 Å². The van der Waals surface area contributed by atoms with Gasteiger partial charge in [-0.25, -0.2) is 0 Å². The van der Waals surface area contributed by atoms with Crippen molar-refractivity contribution >= 4 is 0 Å². The third-order valence-corrected chi connectivity index (χ3v) is 3.87. The second kappa shape index (κ2) is 4.78. The molecule has 0 aromatic heterocycles. The highest BCUT2D eigenvalue weighted by Gasteiger charge is 2.36. The molecule has 18 heavy (non-hydrogen) atoms. The zero-order valence-electron chi connectivity index (χ0n) is 10.6. The van der Waals surface area contributed by atoms with Gasteiger partial charge in [0, 0.05) is 18.2 Å². The van der Waals surface area contributed by atoms with E-state index in [1.54, 1.807) is 12.1 Å². The van der Waals surface area contributed by atoms with Gasteiger partial charge in [0.2, 0.25) is 0 Å². The molecule has 0 aliphatic carbocycles. The lowest BCUT2D eigenvalue weighted by Gasteiger charge is -2.39. The van der Waals surface area contributed by atoms with Crippen molar-refractivity contribution in [2.24, 2.45) is 0 Å². The molecular weight excluding hydrogens is 230 g/mol. The van der Waals surface area contributed by atoms with E-state index in [1.165, 1.54) is 0 Å². The standard InChI is InChI=1S/C14H19NO3/c1-2-15-6-8-18-14-11-9-10(16)3-4-13(11)17-7-5-12(14)15/h3-4,9,12,14,16H,2,5-8H2,1H3/t12-,14-/m0/s1. The lowest BCUT2D eigenvalue weighted by atomic mass is 9.97. The van der Waals surface area contributed by atoms with Gasteiger partial charge < -0.3 is 14.6 Å². The lowest BCUT2D eigenvalue weighted by Crippen LogP contribution is -2.46. The Morgan fingerprint density at radius 1 is 1.39 bits per heavy atom. The Morgan fingerprint density at radius 2 is 2.28 bits per heavy atom. The van der Waals surface area contributed by atoms with Crippen molar-refractivity contribution in [1.29, 1.82) is 0 Å². The van der Waals surface area contributed by atoms with Crippen molar-refractivity contribution in [3.8, 4) is 11.5 Å². The molecule has 2 aliphatic heterocycles. The molecule has 2 heterocycles. The molecule has 3 rings (SSSR count). The predicted molar refractivity (Wildman–Crippen MR) is 67.9 cm³/mol. The molecular formula is C14H19NO3. The minimum atomic E-state index is 0.0169. The average molecular weight is 249 g/mol. The predicted octanol–water partition coefficient (Wildman–Crippen LogP) is 1.94. The third kappa shape index (κ3) is 1.95. The van der Waals surface area contributed by atoms with E-state index >= 15 is 0 Å². The zero-order chi connectivity index (χ0) is 12.5. The molecule has 4 nitrogen and oxygen atoms in total. The quantitative estimate of drug-likeness (QED) is 0.826. The maximum Gasteiger partial charge on any atom is 0.125 e. The fraction of sp³-hybridized carbons (Fsp3) is 0.571. The van der Waals surface area contributed by atoms with Gasteiger partial charge in [-0.2, -0.15) is 0 Å². The van der Waals surface area contributed by atoms with Crippen molar-refractivity contribution in [1.82, 2.24) is 4.90 Å². The molecule has 0 unspecified atom stereocenters. The number of likely N-dealkylation sites (N-methyl/N-ethyl adjacent to an activating group) is 1. The van der Waals surface area contributed by atoms with E-state index in [1.807, 2.05) is 6.07 Å². The lowest BCUT2D eigenvalue weighted by molar-refractivity contribution is -0.0725. The summed E-state index contributed by atoms with van der Waals surface area (Å²) in [5, 5.41) is 9.67. The second-order valence-electron chi connectivity index (χ2n) is 4.85. The normalized spacial score (nSPS) is 27.8. The van der Waals surface area contributed by atoms with E-state index in [-0.39, 0.29) is 11.9 Å². The summed E-state index contributed by atoms with van der Waals surface area (Å²) >= 11 is 0. The van der Waals surface area contributed by atoms with Crippen LogP contribution in [0.3, 0.4) is 0 Å². The summed E-state index contributed by atoms with van der Waals surface area (Å²) in [4.78, 5) is 2.44. The van der Waals surface area contributed by atoms with E-state index in [9.17, 15) is 5.11 Å². The van der Waals surface area contributed by atoms with E-state index in [0.717, 1.165) is 37.4 Å². The highest BCUT2D eigenvalue weighted by atomic mass is 16.5. The number of nitrogens with zero attached hydrogens (tertiary/aromatic N) is 1. The Labute approximate surface area is 107 Å². The first kappa shape index (κ1) is 11.8. The molecule has 1 saturated heterocycles. The highest BCUT2D eigenvalue weighted by Crippen LogP contribution is 2.39. The van der Waals surface area contributed by atoms with Gasteiger partial charge in [-0.3, -0.25) is 4.90 Å². The molecule has 0 saturated carbocycles. The molecule has 1 aromatic carbocycles. The van der Waals surface area contributed by atoms with Crippen LogP contribution in [0.2, 0.25) is 0 Å². The Hall–Kier alpha value is -1.26. The van der Waals surface area contributed by atoms with Gasteiger partial charge in [0.15, 0.2) is 0 Å². The first-order valence-corrected chi connectivity index (χ1v) is 6.61. The number of rotatable bonds is 1. The van der Waals surface area contributed by atoms with E-state index in [0.29, 0.717) is 12.6 Å². The largest absolute Gasteiger partial charge is 0.508 e. The zero-order valence-corrected chi connectivity index (χ0v) is 10.6. The highest BCUT2D eigenvalue weighted by molar-refractivity contribution is 5.42. The fourth-order valence-electron chi connectivity index (χ4n) is 2.97. The van der Waals surface area contributed by atoms with Crippen molar-refractivity contribution in [3.05, 3.63) is 23.8 Å². The van der Waals surface area contributed by atoms with Crippen LogP contribution in [0.15, 0.2) is 18.2 Å². The summed E-state index contributed by atoms with van der Waals surface area (Å²) in [6.07, 6.45) is 0.983. The minimum absolute atomic E-state index is 0.0169. The molecule has 0 radical (unpaired) electrons. The van der Waals surface area contributed by atoms with Gasteiger partial charge in [0.05, 0.1) is 13.2 Å². The number of hydrogen-bond acceptors (Lipinski definition) is 4. The smallest absolute Gasteiger partial charge is 0.125 e. The summed E-state index contributed by atoms with van der Waals surface area (Å²) in [7, 11) is 0. The molecule has 1 fully saturated rings. The molecule has 2 aliphatic rings. The first-order chi connectivity index (χ1) is 8.79. The summed E-state index contributed by atoms with van der Waals surface area (Å²) in [6.45, 7) is 5.63. The number of fused-ring (bicyclic) bond motifs is 3. The maximum atomic E-state index is 9.67. The molecule has 1 N–H and O–H groups in total. The monoisotopic (exact) mass is 249 g/mol. The van der Waals surface area contributed by atoms with Gasteiger partial charge >= 0.3 is 0 Å². The van der Waals surface area contributed by atoms with E-state index < -0.39 is 0 Å². The summed E-state index contributed by atoms with van der Waals surface area (Å²) in [6, 6.07) is 5.63. The third-order valence-electron chi connectivity index (χ3n) is 3.87. The van der Waals surface area contributed by atoms with Gasteiger partial charge in [-0.15, -0.1) is 0 Å². The topological polar surface area (TPSA) is 41.9 Å². The Morgan fingerprint density at radius 3 is 3.11 bits per heavy atom. The molecule has 0 amide bonds. The van der Waals surface area contributed by atoms with E-state index in [2.05, 4.69) is 11.8 Å². The first-order valence-electron chi connectivity index (χ1n) is 6.61. The van der Waals surface area contributed by atoms with Gasteiger partial charge in [-0.05, 0) is 31.2 Å². The van der Waals surface area contributed by atoms with Crippen molar-refractivity contribution in [2.75, 3.05) is 26.3 Å². The summed E-state index contributed by atoms with van der Waals surface area (Å²) in [5.41, 5.74) is 0.982. The summed E-state index contributed by atoms with van der Waals surface area (Å²) in [5.74, 6) is 1.12. The molecule has 98 valence electrons. The van der Waals surface area contributed by atoms with Crippen molar-refractivity contribution in [2.45, 2.75) is 25.5 Å². The molecule has 4 heteroatoms. The Balaban J connectivity index is 1.99. The second-order valence-corrected chi connectivity index (χ2v) is 4.85.